The first-order valence-corrected chi connectivity index (χ1v) is 6.11. The van der Waals surface area contributed by atoms with E-state index >= 15 is 0 Å². The lowest BCUT2D eigenvalue weighted by molar-refractivity contribution is -0.271. The van der Waals surface area contributed by atoms with Crippen LogP contribution >= 0.6 is 0 Å². The molecule has 1 heterocycles. The molecule has 1 aliphatic rings. The smallest absolute Gasteiger partial charge is 0.442 e. The third-order valence-electron chi connectivity index (χ3n) is 3.01. The summed E-state index contributed by atoms with van der Waals surface area (Å²) >= 11 is 0. The van der Waals surface area contributed by atoms with Crippen LogP contribution < -0.4 is 5.32 Å². The number of rotatable bonds is 3. The molecule has 1 aromatic carbocycles. The van der Waals surface area contributed by atoms with Gasteiger partial charge in [-0.25, -0.2) is 4.79 Å². The third-order valence-corrected chi connectivity index (χ3v) is 3.01. The molecule has 0 spiro atoms. The van der Waals surface area contributed by atoms with Crippen molar-refractivity contribution < 1.29 is 27.4 Å². The molecular weight excluding hydrogens is 275 g/mol. The van der Waals surface area contributed by atoms with Gasteiger partial charge >= 0.3 is 17.9 Å². The molecule has 2 atom stereocenters. The molecule has 2 rings (SSSR count). The summed E-state index contributed by atoms with van der Waals surface area (Å²) in [6.07, 6.45) is -4.90. The summed E-state index contributed by atoms with van der Waals surface area (Å²) in [6.45, 7) is 1.02. The maximum absolute atomic E-state index is 13.2. The molecule has 7 heteroatoms. The first-order valence-electron chi connectivity index (χ1n) is 6.11. The van der Waals surface area contributed by atoms with Gasteiger partial charge in [-0.1, -0.05) is 30.3 Å². The van der Waals surface area contributed by atoms with Crippen molar-refractivity contribution in [3.63, 3.8) is 0 Å². The van der Waals surface area contributed by atoms with Crippen molar-refractivity contribution in [1.29, 1.82) is 0 Å². The fraction of sp³-hybridized carbons (Fsp3) is 0.462. The Bertz CT molecular complexity index is 477. The molecule has 20 heavy (non-hydrogen) atoms. The highest BCUT2D eigenvalue weighted by Gasteiger charge is 2.67. The van der Waals surface area contributed by atoms with Crippen molar-refractivity contribution in [2.24, 2.45) is 0 Å². The summed E-state index contributed by atoms with van der Waals surface area (Å²) in [5.41, 5.74) is -2.48. The molecule has 0 saturated carbocycles. The lowest BCUT2D eigenvalue weighted by Gasteiger charge is -2.28. The molecule has 110 valence electrons. The van der Waals surface area contributed by atoms with E-state index in [1.807, 2.05) is 0 Å². The molecular formula is C13H14F3NO3. The second kappa shape index (κ2) is 5.41. The molecule has 0 aromatic heterocycles. The number of carbonyl (C=O) groups is 1. The number of hydrogen-bond donors (Lipinski definition) is 1. The van der Waals surface area contributed by atoms with E-state index in [4.69, 9.17) is 4.74 Å². The Morgan fingerprint density at radius 2 is 2.10 bits per heavy atom. The summed E-state index contributed by atoms with van der Waals surface area (Å²) in [5.74, 6) is -1.47. The third kappa shape index (κ3) is 2.51. The highest BCUT2D eigenvalue weighted by atomic mass is 19.4. The largest absolute Gasteiger partial charge is 0.463 e. The Labute approximate surface area is 113 Å². The SMILES string of the molecule is CCOC(=O)C1(C(F)(F)F)N[C@H](c2ccccc2)CO1. The summed E-state index contributed by atoms with van der Waals surface area (Å²) in [4.78, 5) is 11.7. The van der Waals surface area contributed by atoms with Gasteiger partial charge in [0, 0.05) is 0 Å². The van der Waals surface area contributed by atoms with Gasteiger partial charge in [-0.15, -0.1) is 0 Å². The Hall–Kier alpha value is -1.60. The number of benzene rings is 1. The van der Waals surface area contributed by atoms with E-state index in [0.29, 0.717) is 5.56 Å². The van der Waals surface area contributed by atoms with Crippen LogP contribution in [0.15, 0.2) is 30.3 Å². The minimum atomic E-state index is -4.90. The van der Waals surface area contributed by atoms with Gasteiger partial charge in [0.1, 0.15) is 0 Å². The van der Waals surface area contributed by atoms with Crippen molar-refractivity contribution in [2.75, 3.05) is 13.2 Å². The highest BCUT2D eigenvalue weighted by Crippen LogP contribution is 2.39. The highest BCUT2D eigenvalue weighted by molar-refractivity contribution is 5.80. The number of ether oxygens (including phenoxy) is 2. The van der Waals surface area contributed by atoms with Gasteiger partial charge in [0.2, 0.25) is 0 Å². The lowest BCUT2D eigenvalue weighted by atomic mass is 10.1. The lowest BCUT2D eigenvalue weighted by Crippen LogP contribution is -2.61. The Morgan fingerprint density at radius 1 is 1.45 bits per heavy atom. The van der Waals surface area contributed by atoms with E-state index in [2.05, 4.69) is 10.1 Å². The first-order chi connectivity index (χ1) is 9.40. The van der Waals surface area contributed by atoms with Crippen LogP contribution in [-0.2, 0) is 14.3 Å². The Morgan fingerprint density at radius 3 is 2.65 bits per heavy atom. The fourth-order valence-electron chi connectivity index (χ4n) is 2.03. The molecule has 0 aliphatic carbocycles. The van der Waals surface area contributed by atoms with Crippen LogP contribution in [-0.4, -0.2) is 31.1 Å². The van der Waals surface area contributed by atoms with E-state index in [1.54, 1.807) is 30.3 Å². The zero-order valence-corrected chi connectivity index (χ0v) is 10.7. The molecule has 0 radical (unpaired) electrons. The second-order valence-corrected chi connectivity index (χ2v) is 4.32. The number of alkyl halides is 3. The quantitative estimate of drug-likeness (QED) is 0.866. The van der Waals surface area contributed by atoms with E-state index in [-0.39, 0.29) is 13.2 Å². The van der Waals surface area contributed by atoms with Crippen LogP contribution in [0.3, 0.4) is 0 Å². The van der Waals surface area contributed by atoms with Crippen LogP contribution in [0.2, 0.25) is 0 Å². The normalized spacial score (nSPS) is 26.5. The second-order valence-electron chi connectivity index (χ2n) is 4.32. The van der Waals surface area contributed by atoms with Crippen molar-refractivity contribution in [1.82, 2.24) is 5.32 Å². The number of nitrogens with one attached hydrogen (secondary N) is 1. The van der Waals surface area contributed by atoms with Gasteiger partial charge in [0.05, 0.1) is 19.3 Å². The van der Waals surface area contributed by atoms with E-state index in [0.717, 1.165) is 0 Å². The van der Waals surface area contributed by atoms with Gasteiger partial charge in [0.25, 0.3) is 0 Å². The number of carbonyl (C=O) groups excluding carboxylic acids is 1. The molecule has 1 fully saturated rings. The van der Waals surface area contributed by atoms with Gasteiger partial charge in [-0.05, 0) is 12.5 Å². The minimum absolute atomic E-state index is 0.155. The molecule has 4 nitrogen and oxygen atoms in total. The van der Waals surface area contributed by atoms with Crippen molar-refractivity contribution in [3.8, 4) is 0 Å². The number of esters is 1. The Balaban J connectivity index is 2.26. The van der Waals surface area contributed by atoms with Crippen molar-refractivity contribution in [3.05, 3.63) is 35.9 Å². The maximum Gasteiger partial charge on any atom is 0.442 e. The Kier molecular flexibility index (Phi) is 4.01. The van der Waals surface area contributed by atoms with Crippen LogP contribution in [0.4, 0.5) is 13.2 Å². The van der Waals surface area contributed by atoms with Crippen molar-refractivity contribution in [2.45, 2.75) is 24.9 Å². The average molecular weight is 289 g/mol. The van der Waals surface area contributed by atoms with E-state index in [1.165, 1.54) is 6.92 Å². The molecule has 1 aliphatic heterocycles. The van der Waals surface area contributed by atoms with Crippen LogP contribution in [0.1, 0.15) is 18.5 Å². The number of halogens is 3. The summed E-state index contributed by atoms with van der Waals surface area (Å²) < 4.78 is 48.8. The van der Waals surface area contributed by atoms with Crippen LogP contribution in [0.25, 0.3) is 0 Å². The van der Waals surface area contributed by atoms with Gasteiger partial charge in [-0.2, -0.15) is 13.2 Å². The summed E-state index contributed by atoms with van der Waals surface area (Å²) in [5, 5.41) is 2.22. The zero-order chi connectivity index (χ0) is 14.8. The van der Waals surface area contributed by atoms with Crippen molar-refractivity contribution >= 4 is 5.97 Å². The summed E-state index contributed by atoms with van der Waals surface area (Å²) in [6, 6.07) is 7.77. The molecule has 0 amide bonds. The topological polar surface area (TPSA) is 47.6 Å². The standard InChI is InChI=1S/C13H14F3NO3/c1-2-19-11(18)12(13(14,15)16)17-10(8-20-12)9-6-4-3-5-7-9/h3-7,10,17H,2,8H2,1H3/t10-,12?/m0/s1. The fourth-order valence-corrected chi connectivity index (χ4v) is 2.03. The first kappa shape index (κ1) is 14.8. The minimum Gasteiger partial charge on any atom is -0.463 e. The molecule has 1 N–H and O–H groups in total. The molecule has 1 aromatic rings. The van der Waals surface area contributed by atoms with Gasteiger partial charge in [-0.3, -0.25) is 5.32 Å². The van der Waals surface area contributed by atoms with Gasteiger partial charge in [0.15, 0.2) is 0 Å². The molecule has 0 bridgehead atoms. The van der Waals surface area contributed by atoms with E-state index in [9.17, 15) is 18.0 Å². The molecule has 1 unspecified atom stereocenters. The summed E-state index contributed by atoms with van der Waals surface area (Å²) in [7, 11) is 0. The predicted octanol–water partition coefficient (Wildman–Crippen LogP) is 2.17. The monoisotopic (exact) mass is 289 g/mol. The van der Waals surface area contributed by atoms with E-state index < -0.39 is 23.9 Å². The van der Waals surface area contributed by atoms with Gasteiger partial charge < -0.3 is 9.47 Å². The number of hydrogen-bond acceptors (Lipinski definition) is 4. The maximum atomic E-state index is 13.2. The van der Waals surface area contributed by atoms with Crippen LogP contribution in [0, 0.1) is 0 Å². The predicted molar refractivity (Wildman–Crippen MR) is 63.7 cm³/mol. The average Bonchev–Trinajstić information content (AvgIpc) is 2.86. The zero-order valence-electron chi connectivity index (χ0n) is 10.7. The van der Waals surface area contributed by atoms with Crippen LogP contribution in [0.5, 0.6) is 0 Å². The molecule has 1 saturated heterocycles.